The minimum atomic E-state index is 0.162. The highest BCUT2D eigenvalue weighted by Crippen LogP contribution is 2.32. The number of nitrogens with zero attached hydrogens (tertiary/aromatic N) is 1. The highest BCUT2D eigenvalue weighted by molar-refractivity contribution is 9.09. The topological polar surface area (TPSA) is 20.3 Å². The van der Waals surface area contributed by atoms with Gasteiger partial charge in [-0.1, -0.05) is 64.5 Å². The summed E-state index contributed by atoms with van der Waals surface area (Å²) in [4.78, 5) is 14.8. The number of halogens is 1. The zero-order valence-electron chi connectivity index (χ0n) is 12.5. The van der Waals surface area contributed by atoms with Gasteiger partial charge in [0.05, 0.1) is 0 Å². The molecule has 0 N–H and O–H groups in total. The van der Waals surface area contributed by atoms with Crippen LogP contribution in [0.5, 0.6) is 0 Å². The van der Waals surface area contributed by atoms with Gasteiger partial charge in [0.1, 0.15) is 0 Å². The molecule has 1 atom stereocenters. The van der Waals surface area contributed by atoms with Crippen LogP contribution in [0.15, 0.2) is 54.6 Å². The van der Waals surface area contributed by atoms with Crippen molar-refractivity contribution < 1.29 is 4.79 Å². The van der Waals surface area contributed by atoms with Crippen molar-refractivity contribution in [2.24, 2.45) is 0 Å². The Labute approximate surface area is 140 Å². The molecule has 22 heavy (non-hydrogen) atoms. The second-order valence-electron chi connectivity index (χ2n) is 5.79. The predicted octanol–water partition coefficient (Wildman–Crippen LogP) is 4.60. The molecule has 1 amide bonds. The smallest absolute Gasteiger partial charge is 0.254 e. The summed E-state index contributed by atoms with van der Waals surface area (Å²) in [5, 5.41) is 1.01. The predicted molar refractivity (Wildman–Crippen MR) is 93.4 cm³/mol. The molecular weight excluding hydrogens is 338 g/mol. The second-order valence-corrected chi connectivity index (χ2v) is 6.58. The fourth-order valence-electron chi connectivity index (χ4n) is 3.18. The molecule has 0 aromatic heterocycles. The molecule has 2 nitrogen and oxygen atoms in total. The summed E-state index contributed by atoms with van der Waals surface area (Å²) >= 11 is 3.52. The molecule has 0 unspecified atom stereocenters. The van der Waals surface area contributed by atoms with E-state index in [0.29, 0.717) is 12.5 Å². The number of carbonyl (C=O) groups is 1. The van der Waals surface area contributed by atoms with E-state index in [4.69, 9.17) is 0 Å². The summed E-state index contributed by atoms with van der Waals surface area (Å²) in [7, 11) is 0. The van der Waals surface area contributed by atoms with Gasteiger partial charge in [0.15, 0.2) is 0 Å². The summed E-state index contributed by atoms with van der Waals surface area (Å²) in [6.07, 6.45) is 2.24. The zero-order chi connectivity index (χ0) is 15.4. The van der Waals surface area contributed by atoms with Crippen LogP contribution in [0.2, 0.25) is 0 Å². The van der Waals surface area contributed by atoms with Gasteiger partial charge in [0.2, 0.25) is 0 Å². The Bertz CT molecular complexity index is 641. The van der Waals surface area contributed by atoms with Crippen LogP contribution in [-0.2, 0) is 6.54 Å². The fourth-order valence-corrected chi connectivity index (χ4v) is 3.50. The Hall–Kier alpha value is -1.61. The molecule has 0 saturated carbocycles. The van der Waals surface area contributed by atoms with Crippen molar-refractivity contribution in [1.82, 2.24) is 4.90 Å². The molecule has 2 aromatic rings. The number of amides is 1. The van der Waals surface area contributed by atoms with E-state index >= 15 is 0 Å². The van der Waals surface area contributed by atoms with Crippen molar-refractivity contribution in [3.05, 3.63) is 71.3 Å². The lowest BCUT2D eigenvalue weighted by molar-refractivity contribution is 0.0705. The molecule has 0 aliphatic carbocycles. The van der Waals surface area contributed by atoms with Gasteiger partial charge in [-0.3, -0.25) is 4.79 Å². The lowest BCUT2D eigenvalue weighted by Crippen LogP contribution is -2.39. The second kappa shape index (κ2) is 7.10. The number of alkyl halides is 1. The molecule has 1 heterocycles. The third-order valence-electron chi connectivity index (χ3n) is 4.26. The van der Waals surface area contributed by atoms with Gasteiger partial charge in [-0.15, -0.1) is 0 Å². The van der Waals surface area contributed by atoms with E-state index in [1.165, 1.54) is 11.1 Å². The van der Waals surface area contributed by atoms with Gasteiger partial charge < -0.3 is 4.90 Å². The van der Waals surface area contributed by atoms with E-state index in [1.807, 2.05) is 41.3 Å². The molecule has 1 aliphatic heterocycles. The van der Waals surface area contributed by atoms with E-state index in [0.717, 1.165) is 30.3 Å². The number of rotatable bonds is 5. The number of hydrogen-bond donors (Lipinski definition) is 0. The van der Waals surface area contributed by atoms with Gasteiger partial charge >= 0.3 is 0 Å². The molecule has 2 aromatic carbocycles. The van der Waals surface area contributed by atoms with E-state index in [-0.39, 0.29) is 5.91 Å². The minimum absolute atomic E-state index is 0.162. The number of carbonyl (C=O) groups excluding carboxylic acids is 1. The maximum Gasteiger partial charge on any atom is 0.254 e. The van der Waals surface area contributed by atoms with Gasteiger partial charge in [0.25, 0.3) is 5.91 Å². The van der Waals surface area contributed by atoms with Crippen LogP contribution in [0.3, 0.4) is 0 Å². The summed E-state index contributed by atoms with van der Waals surface area (Å²) in [5.74, 6) is 0.602. The molecule has 114 valence electrons. The Kier molecular flexibility index (Phi) is 4.94. The highest BCUT2D eigenvalue weighted by Gasteiger charge is 2.30. The lowest BCUT2D eigenvalue weighted by atomic mass is 9.86. The first-order valence-electron chi connectivity index (χ1n) is 7.77. The van der Waals surface area contributed by atoms with Crippen LogP contribution in [-0.4, -0.2) is 22.7 Å². The molecule has 0 radical (unpaired) electrons. The Morgan fingerprint density at radius 1 is 1.05 bits per heavy atom. The van der Waals surface area contributed by atoms with Crippen LogP contribution in [0.1, 0.15) is 40.2 Å². The monoisotopic (exact) mass is 357 g/mol. The third kappa shape index (κ3) is 3.25. The van der Waals surface area contributed by atoms with Crippen LogP contribution < -0.4 is 0 Å². The van der Waals surface area contributed by atoms with Gasteiger partial charge in [-0.05, 0) is 30.0 Å². The standard InChI is InChI=1S/C19H20BrNO/c20-12-6-9-16-14-21(13-15-7-2-1-3-8-15)19(22)18-11-5-4-10-17(16)18/h1-5,7-8,10-11,16H,6,9,12-14H2/t16-/m1/s1. The van der Waals surface area contributed by atoms with Crippen LogP contribution >= 0.6 is 15.9 Å². The molecule has 0 fully saturated rings. The minimum Gasteiger partial charge on any atom is -0.334 e. The van der Waals surface area contributed by atoms with Crippen molar-refractivity contribution in [1.29, 1.82) is 0 Å². The molecular formula is C19H20BrNO. The maximum atomic E-state index is 12.8. The molecule has 0 spiro atoms. The Morgan fingerprint density at radius 3 is 2.55 bits per heavy atom. The van der Waals surface area contributed by atoms with Crippen LogP contribution in [0, 0.1) is 0 Å². The van der Waals surface area contributed by atoms with Gasteiger partial charge in [-0.25, -0.2) is 0 Å². The van der Waals surface area contributed by atoms with Crippen LogP contribution in [0.4, 0.5) is 0 Å². The summed E-state index contributed by atoms with van der Waals surface area (Å²) in [6.45, 7) is 1.51. The molecule has 3 rings (SSSR count). The zero-order valence-corrected chi connectivity index (χ0v) is 14.1. The summed E-state index contributed by atoms with van der Waals surface area (Å²) in [5.41, 5.74) is 3.29. The molecule has 3 heteroatoms. The Morgan fingerprint density at radius 2 is 1.77 bits per heavy atom. The summed E-state index contributed by atoms with van der Waals surface area (Å²) in [6, 6.07) is 18.3. The number of benzene rings is 2. The van der Waals surface area contributed by atoms with E-state index in [9.17, 15) is 4.79 Å². The number of fused-ring (bicyclic) bond motifs is 1. The quantitative estimate of drug-likeness (QED) is 0.716. The average molecular weight is 358 g/mol. The van der Waals surface area contributed by atoms with E-state index in [1.54, 1.807) is 0 Å². The first-order valence-corrected chi connectivity index (χ1v) is 8.90. The third-order valence-corrected chi connectivity index (χ3v) is 4.82. The SMILES string of the molecule is O=C1c2ccccc2[C@H](CCCBr)CN1Cc1ccccc1. The first kappa shape index (κ1) is 15.3. The van der Waals surface area contributed by atoms with Crippen molar-refractivity contribution in [2.75, 3.05) is 11.9 Å². The average Bonchev–Trinajstić information content (AvgIpc) is 2.57. The molecule has 1 aliphatic rings. The van der Waals surface area contributed by atoms with Gasteiger partial charge in [-0.2, -0.15) is 0 Å². The normalized spacial score (nSPS) is 17.4. The first-order chi connectivity index (χ1) is 10.8. The largest absolute Gasteiger partial charge is 0.334 e. The van der Waals surface area contributed by atoms with E-state index in [2.05, 4.69) is 34.1 Å². The van der Waals surface area contributed by atoms with Crippen LogP contribution in [0.25, 0.3) is 0 Å². The lowest BCUT2D eigenvalue weighted by Gasteiger charge is -2.34. The fraction of sp³-hybridized carbons (Fsp3) is 0.316. The van der Waals surface area contributed by atoms with E-state index < -0.39 is 0 Å². The van der Waals surface area contributed by atoms with Crippen molar-refractivity contribution in [3.63, 3.8) is 0 Å². The highest BCUT2D eigenvalue weighted by atomic mass is 79.9. The van der Waals surface area contributed by atoms with Crippen molar-refractivity contribution in [3.8, 4) is 0 Å². The molecule has 0 bridgehead atoms. The summed E-state index contributed by atoms with van der Waals surface area (Å²) < 4.78 is 0. The van der Waals surface area contributed by atoms with Gasteiger partial charge in [0, 0.05) is 29.9 Å². The number of hydrogen-bond acceptors (Lipinski definition) is 1. The molecule has 0 saturated heterocycles. The van der Waals surface area contributed by atoms with Crippen molar-refractivity contribution in [2.45, 2.75) is 25.3 Å². The van der Waals surface area contributed by atoms with Crippen molar-refractivity contribution >= 4 is 21.8 Å². The maximum absolute atomic E-state index is 12.8. The Balaban J connectivity index is 1.86.